The topological polar surface area (TPSA) is 29.0 Å². The molecule has 0 N–H and O–H groups in total. The Labute approximate surface area is 135 Å². The summed E-state index contributed by atoms with van der Waals surface area (Å²) in [5.41, 5.74) is 3.01. The minimum atomic E-state index is 0.294. The summed E-state index contributed by atoms with van der Waals surface area (Å²) in [6.07, 6.45) is 1.86. The van der Waals surface area contributed by atoms with Crippen LogP contribution in [0.15, 0.2) is 30.5 Å². The third kappa shape index (κ3) is 4.08. The lowest BCUT2D eigenvalue weighted by molar-refractivity contribution is 0.758. The fourth-order valence-electron chi connectivity index (χ4n) is 2.07. The quantitative estimate of drug-likeness (QED) is 0.751. The molecule has 0 aliphatic heterocycles. The Bertz CT molecular complexity index is 597. The molecule has 2 rings (SSSR count). The van der Waals surface area contributed by atoms with Crippen LogP contribution in [-0.4, -0.2) is 17.0 Å². The average Bonchev–Trinajstić information content (AvgIpc) is 2.48. The first kappa shape index (κ1) is 16.1. The van der Waals surface area contributed by atoms with Gasteiger partial charge in [0.1, 0.15) is 5.82 Å². The lowest BCUT2D eigenvalue weighted by atomic mass is 10.2. The molecule has 0 amide bonds. The lowest BCUT2D eigenvalue weighted by Crippen LogP contribution is -2.19. The van der Waals surface area contributed by atoms with Gasteiger partial charge in [-0.3, -0.25) is 0 Å². The predicted octanol–water partition coefficient (Wildman–Crippen LogP) is 4.63. The molecule has 0 unspecified atom stereocenters. The lowest BCUT2D eigenvalue weighted by Gasteiger charge is -2.22. The van der Waals surface area contributed by atoms with Gasteiger partial charge in [0.05, 0.1) is 23.5 Å². The first-order chi connectivity index (χ1) is 10.0. The Balaban J connectivity index is 2.22. The molecule has 1 heterocycles. The maximum Gasteiger partial charge on any atom is 0.131 e. The molecule has 112 valence electrons. The average molecular weight is 324 g/mol. The smallest absolute Gasteiger partial charge is 0.131 e. The van der Waals surface area contributed by atoms with Crippen molar-refractivity contribution in [2.45, 2.75) is 32.2 Å². The molecular weight excluding hydrogens is 305 g/mol. The molecule has 0 atom stereocenters. The zero-order chi connectivity index (χ0) is 15.4. The summed E-state index contributed by atoms with van der Waals surface area (Å²) in [6.45, 7) is 4.90. The third-order valence-corrected chi connectivity index (χ3v) is 3.76. The van der Waals surface area contributed by atoms with Crippen LogP contribution in [0.25, 0.3) is 0 Å². The largest absolute Gasteiger partial charge is 0.368 e. The maximum atomic E-state index is 6.04. The standard InChI is InChI=1S/C16H19Cl2N3/c1-11(2)16-19-9-15(14(8-17)20-16)21(3)10-12-4-6-13(18)7-5-12/h4-7,9,11H,8,10H2,1-3H3. The van der Waals surface area contributed by atoms with Crippen LogP contribution in [0.5, 0.6) is 0 Å². The van der Waals surface area contributed by atoms with Crippen LogP contribution in [0.1, 0.15) is 36.8 Å². The molecule has 3 nitrogen and oxygen atoms in total. The Hall–Kier alpha value is -1.32. The van der Waals surface area contributed by atoms with Gasteiger partial charge in [0.15, 0.2) is 0 Å². The molecule has 2 aromatic rings. The van der Waals surface area contributed by atoms with Crippen molar-refractivity contribution in [2.75, 3.05) is 11.9 Å². The SMILES string of the molecule is CC(C)c1ncc(N(C)Cc2ccc(Cl)cc2)c(CCl)n1. The first-order valence-electron chi connectivity index (χ1n) is 6.88. The number of benzene rings is 1. The van der Waals surface area contributed by atoms with Gasteiger partial charge in [-0.15, -0.1) is 11.6 Å². The van der Waals surface area contributed by atoms with Crippen molar-refractivity contribution in [3.05, 3.63) is 52.6 Å². The van der Waals surface area contributed by atoms with E-state index in [2.05, 4.69) is 28.7 Å². The van der Waals surface area contributed by atoms with Crippen molar-refractivity contribution in [2.24, 2.45) is 0 Å². The van der Waals surface area contributed by atoms with E-state index >= 15 is 0 Å². The van der Waals surface area contributed by atoms with Crippen LogP contribution in [0.2, 0.25) is 5.02 Å². The molecule has 5 heteroatoms. The molecule has 0 bridgehead atoms. The minimum Gasteiger partial charge on any atom is -0.368 e. The second kappa shape index (κ2) is 7.10. The van der Waals surface area contributed by atoms with E-state index in [4.69, 9.17) is 23.2 Å². The van der Waals surface area contributed by atoms with Gasteiger partial charge in [0.2, 0.25) is 0 Å². The van der Waals surface area contributed by atoms with Crippen molar-refractivity contribution < 1.29 is 0 Å². The summed E-state index contributed by atoms with van der Waals surface area (Å²) in [5, 5.41) is 0.743. The zero-order valence-corrected chi connectivity index (χ0v) is 14.0. The molecule has 0 aliphatic carbocycles. The van der Waals surface area contributed by atoms with Crippen LogP contribution >= 0.6 is 23.2 Å². The van der Waals surface area contributed by atoms with Gasteiger partial charge in [-0.25, -0.2) is 9.97 Å². The van der Waals surface area contributed by atoms with Crippen molar-refractivity contribution >= 4 is 28.9 Å². The molecule has 1 aromatic heterocycles. The van der Waals surface area contributed by atoms with Gasteiger partial charge in [-0.05, 0) is 17.7 Å². The van der Waals surface area contributed by atoms with E-state index in [0.29, 0.717) is 11.8 Å². The Morgan fingerprint density at radius 3 is 2.43 bits per heavy atom. The van der Waals surface area contributed by atoms with Crippen molar-refractivity contribution in [3.63, 3.8) is 0 Å². The van der Waals surface area contributed by atoms with Crippen LogP contribution in [-0.2, 0) is 12.4 Å². The fourth-order valence-corrected chi connectivity index (χ4v) is 2.39. The van der Waals surface area contributed by atoms with E-state index in [9.17, 15) is 0 Å². The number of alkyl halides is 1. The minimum absolute atomic E-state index is 0.294. The van der Waals surface area contributed by atoms with E-state index in [1.165, 1.54) is 5.56 Å². The third-order valence-electron chi connectivity index (χ3n) is 3.25. The summed E-state index contributed by atoms with van der Waals surface area (Å²) < 4.78 is 0. The molecule has 1 aromatic carbocycles. The maximum absolute atomic E-state index is 6.04. The van der Waals surface area contributed by atoms with Crippen LogP contribution in [0, 0.1) is 0 Å². The molecular formula is C16H19Cl2N3. The van der Waals surface area contributed by atoms with Gasteiger partial charge in [0, 0.05) is 24.5 Å². The Kier molecular flexibility index (Phi) is 5.43. The number of anilines is 1. The van der Waals surface area contributed by atoms with E-state index in [1.807, 2.05) is 37.5 Å². The van der Waals surface area contributed by atoms with E-state index in [0.717, 1.165) is 28.8 Å². The van der Waals surface area contributed by atoms with E-state index in [-0.39, 0.29) is 0 Å². The molecule has 0 spiro atoms. The number of hydrogen-bond acceptors (Lipinski definition) is 3. The molecule has 0 saturated carbocycles. The Morgan fingerprint density at radius 1 is 1.19 bits per heavy atom. The monoisotopic (exact) mass is 323 g/mol. The van der Waals surface area contributed by atoms with Crippen LogP contribution in [0.4, 0.5) is 5.69 Å². The van der Waals surface area contributed by atoms with E-state index in [1.54, 1.807) is 0 Å². The summed E-state index contributed by atoms with van der Waals surface area (Å²) in [5.74, 6) is 1.50. The number of aromatic nitrogens is 2. The van der Waals surface area contributed by atoms with Crippen molar-refractivity contribution in [3.8, 4) is 0 Å². The molecule has 0 saturated heterocycles. The van der Waals surface area contributed by atoms with Gasteiger partial charge in [0.25, 0.3) is 0 Å². The highest BCUT2D eigenvalue weighted by Gasteiger charge is 2.12. The second-order valence-corrected chi connectivity index (χ2v) is 6.03. The fraction of sp³-hybridized carbons (Fsp3) is 0.375. The number of halogens is 2. The number of nitrogens with zero attached hydrogens (tertiary/aromatic N) is 3. The number of hydrogen-bond donors (Lipinski definition) is 0. The highest BCUT2D eigenvalue weighted by molar-refractivity contribution is 6.30. The van der Waals surface area contributed by atoms with Crippen molar-refractivity contribution in [1.29, 1.82) is 0 Å². The predicted molar refractivity (Wildman–Crippen MR) is 89.2 cm³/mol. The summed E-state index contributed by atoms with van der Waals surface area (Å²) in [6, 6.07) is 7.82. The van der Waals surface area contributed by atoms with Crippen LogP contribution < -0.4 is 4.90 Å². The van der Waals surface area contributed by atoms with Gasteiger partial charge >= 0.3 is 0 Å². The summed E-state index contributed by atoms with van der Waals surface area (Å²) in [4.78, 5) is 11.1. The first-order valence-corrected chi connectivity index (χ1v) is 7.80. The molecule has 0 fully saturated rings. The number of rotatable bonds is 5. The van der Waals surface area contributed by atoms with E-state index < -0.39 is 0 Å². The summed E-state index contributed by atoms with van der Waals surface area (Å²) in [7, 11) is 2.01. The normalized spacial score (nSPS) is 11.0. The Morgan fingerprint density at radius 2 is 1.86 bits per heavy atom. The van der Waals surface area contributed by atoms with Crippen molar-refractivity contribution in [1.82, 2.24) is 9.97 Å². The highest BCUT2D eigenvalue weighted by Crippen LogP contribution is 2.23. The molecule has 0 radical (unpaired) electrons. The van der Waals surface area contributed by atoms with Crippen LogP contribution in [0.3, 0.4) is 0 Å². The van der Waals surface area contributed by atoms with Gasteiger partial charge in [-0.2, -0.15) is 0 Å². The summed E-state index contributed by atoms with van der Waals surface area (Å²) >= 11 is 12.0. The molecule has 0 aliphatic rings. The van der Waals surface area contributed by atoms with Gasteiger partial charge < -0.3 is 4.90 Å². The highest BCUT2D eigenvalue weighted by atomic mass is 35.5. The van der Waals surface area contributed by atoms with Gasteiger partial charge in [-0.1, -0.05) is 37.6 Å². The second-order valence-electron chi connectivity index (χ2n) is 5.33. The molecule has 21 heavy (non-hydrogen) atoms. The zero-order valence-electron chi connectivity index (χ0n) is 12.5.